The third kappa shape index (κ3) is 5.00. The smallest absolute Gasteiger partial charge is 0.255 e. The molecule has 4 aliphatic rings. The Balaban J connectivity index is 1.21. The molecule has 0 unspecified atom stereocenters. The van der Waals surface area contributed by atoms with E-state index in [9.17, 15) is 13.2 Å². The second kappa shape index (κ2) is 9.74. The molecule has 2 spiro atoms. The van der Waals surface area contributed by atoms with Crippen LogP contribution in [0, 0.1) is 10.8 Å². The van der Waals surface area contributed by atoms with E-state index in [2.05, 4.69) is 37.5 Å². The third-order valence-electron chi connectivity index (χ3n) is 10.0. The molecular formula is C31H39N5O4S. The first-order valence-electron chi connectivity index (χ1n) is 14.8. The molecule has 41 heavy (non-hydrogen) atoms. The van der Waals surface area contributed by atoms with Crippen molar-refractivity contribution < 1.29 is 18.3 Å². The SMILES string of the molecule is Cn1ccc2cc(C(=O)Nc3ccc(S(=O)(=O)NCCO)cc3N3CCC4(CC3)CC4)cc(N3CCC4(CC4)C3)c21. The first kappa shape index (κ1) is 26.8. The molecule has 2 aliphatic heterocycles. The van der Waals surface area contributed by atoms with Gasteiger partial charge in [0.2, 0.25) is 10.0 Å². The lowest BCUT2D eigenvalue weighted by molar-refractivity contribution is 0.102. The predicted octanol–water partition coefficient (Wildman–Crippen LogP) is 4.07. The van der Waals surface area contributed by atoms with Crippen molar-refractivity contribution in [2.75, 3.05) is 54.4 Å². The summed E-state index contributed by atoms with van der Waals surface area (Å²) in [6.07, 6.45) is 10.5. The molecule has 7 rings (SSSR count). The van der Waals surface area contributed by atoms with Crippen LogP contribution in [0.15, 0.2) is 47.5 Å². The Kier molecular flexibility index (Phi) is 6.37. The van der Waals surface area contributed by atoms with Gasteiger partial charge in [0, 0.05) is 56.9 Å². The summed E-state index contributed by atoms with van der Waals surface area (Å²) in [7, 11) is -1.74. The highest BCUT2D eigenvalue weighted by molar-refractivity contribution is 7.89. The maximum Gasteiger partial charge on any atom is 0.255 e. The zero-order valence-electron chi connectivity index (χ0n) is 23.7. The summed E-state index contributed by atoms with van der Waals surface area (Å²) in [4.78, 5) is 18.6. The van der Waals surface area contributed by atoms with E-state index in [-0.39, 0.29) is 24.0 Å². The predicted molar refractivity (Wildman–Crippen MR) is 161 cm³/mol. The van der Waals surface area contributed by atoms with Crippen LogP contribution in [0.1, 0.15) is 55.3 Å². The Morgan fingerprint density at radius 1 is 0.902 bits per heavy atom. The minimum atomic E-state index is -3.79. The lowest BCUT2D eigenvalue weighted by Crippen LogP contribution is -2.35. The monoisotopic (exact) mass is 577 g/mol. The fourth-order valence-electron chi connectivity index (χ4n) is 6.92. The van der Waals surface area contributed by atoms with E-state index in [1.807, 2.05) is 18.3 Å². The van der Waals surface area contributed by atoms with Crippen LogP contribution in [0.2, 0.25) is 0 Å². The number of anilines is 3. The van der Waals surface area contributed by atoms with E-state index in [1.54, 1.807) is 12.1 Å². The molecule has 2 aromatic carbocycles. The number of benzene rings is 2. The number of piperidine rings is 1. The molecule has 0 atom stereocenters. The van der Waals surface area contributed by atoms with E-state index < -0.39 is 10.0 Å². The number of nitrogens with zero attached hydrogens (tertiary/aromatic N) is 3. The molecule has 4 fully saturated rings. The van der Waals surface area contributed by atoms with Gasteiger partial charge in [-0.3, -0.25) is 4.79 Å². The molecule has 3 aromatic rings. The van der Waals surface area contributed by atoms with Crippen molar-refractivity contribution in [2.24, 2.45) is 17.9 Å². The quantitative estimate of drug-likeness (QED) is 0.373. The summed E-state index contributed by atoms with van der Waals surface area (Å²) in [6.45, 7) is 3.37. The van der Waals surface area contributed by atoms with Gasteiger partial charge in [0.15, 0.2) is 0 Å². The molecule has 3 heterocycles. The van der Waals surface area contributed by atoms with Crippen molar-refractivity contribution in [3.8, 4) is 0 Å². The number of sulfonamides is 1. The average molecular weight is 578 g/mol. The summed E-state index contributed by atoms with van der Waals surface area (Å²) in [6, 6.07) is 10.9. The topological polar surface area (TPSA) is 107 Å². The van der Waals surface area contributed by atoms with Crippen molar-refractivity contribution >= 4 is 43.9 Å². The second-order valence-corrected chi connectivity index (χ2v) is 14.5. The number of fused-ring (bicyclic) bond motifs is 1. The van der Waals surface area contributed by atoms with Crippen molar-refractivity contribution in [3.05, 3.63) is 48.2 Å². The van der Waals surface area contributed by atoms with Gasteiger partial charge in [-0.2, -0.15) is 0 Å². The number of nitrogens with one attached hydrogen (secondary N) is 2. The van der Waals surface area contributed by atoms with Crippen LogP contribution in [0.4, 0.5) is 17.1 Å². The Hall–Kier alpha value is -3.08. The lowest BCUT2D eigenvalue weighted by Gasteiger charge is -2.35. The number of aliphatic hydroxyl groups excluding tert-OH is 1. The number of carbonyl (C=O) groups excluding carboxylic acids is 1. The number of aliphatic hydroxyl groups is 1. The number of aryl methyl sites for hydroxylation is 1. The lowest BCUT2D eigenvalue weighted by atomic mass is 9.93. The molecule has 218 valence electrons. The van der Waals surface area contributed by atoms with Crippen LogP contribution in [-0.2, 0) is 17.1 Å². The van der Waals surface area contributed by atoms with Crippen LogP contribution < -0.4 is 19.8 Å². The maximum atomic E-state index is 13.8. The highest BCUT2D eigenvalue weighted by Gasteiger charge is 2.48. The molecule has 2 aliphatic carbocycles. The highest BCUT2D eigenvalue weighted by Crippen LogP contribution is 2.55. The fourth-order valence-corrected chi connectivity index (χ4v) is 7.96. The molecule has 9 nitrogen and oxygen atoms in total. The molecule has 3 N–H and O–H groups in total. The third-order valence-corrected chi connectivity index (χ3v) is 11.5. The minimum absolute atomic E-state index is 0.0508. The van der Waals surface area contributed by atoms with Crippen molar-refractivity contribution in [2.45, 2.75) is 49.8 Å². The van der Waals surface area contributed by atoms with E-state index >= 15 is 0 Å². The van der Waals surface area contributed by atoms with Gasteiger partial charge in [0.25, 0.3) is 5.91 Å². The summed E-state index contributed by atoms with van der Waals surface area (Å²) in [5.74, 6) is -0.205. The standard InChI is InChI=1S/C31H39N5O4S/c1-34-13-4-22-18-23(19-27(28(22)34)36-16-11-31(21-36)7-8-31)29(38)33-25-3-2-24(41(39,40)32-12-17-37)20-26(25)35-14-9-30(5-6-30)10-15-35/h2-4,13,18-20,32,37H,5-12,14-17,21H2,1H3,(H,33,38). The Morgan fingerprint density at radius 3 is 2.29 bits per heavy atom. The molecular weight excluding hydrogens is 538 g/mol. The highest BCUT2D eigenvalue weighted by atomic mass is 32.2. The number of aromatic nitrogens is 1. The van der Waals surface area contributed by atoms with Crippen molar-refractivity contribution in [1.29, 1.82) is 0 Å². The molecule has 1 amide bonds. The average Bonchev–Trinajstić information content (AvgIpc) is 3.83. The van der Waals surface area contributed by atoms with Crippen molar-refractivity contribution in [1.82, 2.24) is 9.29 Å². The number of hydrogen-bond acceptors (Lipinski definition) is 6. The fraction of sp³-hybridized carbons (Fsp3) is 0.516. The van der Waals surface area contributed by atoms with Gasteiger partial charge in [-0.25, -0.2) is 13.1 Å². The Labute approximate surface area is 241 Å². The van der Waals surface area contributed by atoms with E-state index in [0.29, 0.717) is 22.1 Å². The van der Waals surface area contributed by atoms with Gasteiger partial charge < -0.3 is 24.8 Å². The van der Waals surface area contributed by atoms with Gasteiger partial charge in [0.1, 0.15) is 0 Å². The maximum absolute atomic E-state index is 13.8. The van der Waals surface area contributed by atoms with Crippen LogP contribution in [0.3, 0.4) is 0 Å². The Morgan fingerprint density at radius 2 is 1.61 bits per heavy atom. The van der Waals surface area contributed by atoms with Gasteiger partial charge in [-0.15, -0.1) is 0 Å². The first-order chi connectivity index (χ1) is 19.7. The molecule has 2 saturated heterocycles. The van der Waals surface area contributed by atoms with Gasteiger partial charge in [-0.1, -0.05) is 0 Å². The number of rotatable bonds is 8. The summed E-state index contributed by atoms with van der Waals surface area (Å²) in [5.41, 5.74) is 5.10. The normalized spacial score (nSPS) is 20.7. The molecule has 0 radical (unpaired) electrons. The zero-order chi connectivity index (χ0) is 28.4. The number of amides is 1. The molecule has 2 saturated carbocycles. The summed E-state index contributed by atoms with van der Waals surface area (Å²) >= 11 is 0. The van der Waals surface area contributed by atoms with Crippen LogP contribution >= 0.6 is 0 Å². The van der Waals surface area contributed by atoms with Crippen LogP contribution in [-0.4, -0.2) is 63.3 Å². The largest absolute Gasteiger partial charge is 0.395 e. The van der Waals surface area contributed by atoms with E-state index in [0.717, 1.165) is 61.3 Å². The van der Waals surface area contributed by atoms with Crippen LogP contribution in [0.5, 0.6) is 0 Å². The van der Waals surface area contributed by atoms with Gasteiger partial charge in [-0.05, 0) is 92.2 Å². The molecule has 1 aromatic heterocycles. The van der Waals surface area contributed by atoms with Crippen LogP contribution in [0.25, 0.3) is 10.9 Å². The Bertz CT molecular complexity index is 1610. The first-order valence-corrected chi connectivity index (χ1v) is 16.3. The summed E-state index contributed by atoms with van der Waals surface area (Å²) < 4.78 is 30.4. The van der Waals surface area contributed by atoms with Gasteiger partial charge in [0.05, 0.1) is 34.1 Å². The van der Waals surface area contributed by atoms with Gasteiger partial charge >= 0.3 is 0 Å². The summed E-state index contributed by atoms with van der Waals surface area (Å²) in [5, 5.41) is 13.3. The second-order valence-electron chi connectivity index (χ2n) is 12.8. The van der Waals surface area contributed by atoms with E-state index in [1.165, 1.54) is 38.2 Å². The van der Waals surface area contributed by atoms with E-state index in [4.69, 9.17) is 5.11 Å². The van der Waals surface area contributed by atoms with Crippen molar-refractivity contribution in [3.63, 3.8) is 0 Å². The molecule has 10 heteroatoms. The number of hydrogen-bond donors (Lipinski definition) is 3. The number of carbonyl (C=O) groups is 1. The molecule has 0 bridgehead atoms. The minimum Gasteiger partial charge on any atom is -0.395 e. The zero-order valence-corrected chi connectivity index (χ0v) is 24.5.